The lowest BCUT2D eigenvalue weighted by Crippen LogP contribution is -2.20. The van der Waals surface area contributed by atoms with Crippen LogP contribution in [0.3, 0.4) is 0 Å². The highest BCUT2D eigenvalue weighted by Gasteiger charge is 2.37. The van der Waals surface area contributed by atoms with Crippen molar-refractivity contribution in [3.63, 3.8) is 0 Å². The quantitative estimate of drug-likeness (QED) is 0.487. The lowest BCUT2D eigenvalue weighted by Gasteiger charge is -2.01. The maximum absolute atomic E-state index is 11.6. The third kappa shape index (κ3) is 1.61. The van der Waals surface area contributed by atoms with Crippen LogP contribution in [0.25, 0.3) is 0 Å². The molecule has 0 saturated heterocycles. The van der Waals surface area contributed by atoms with Crippen molar-refractivity contribution >= 4 is 17.7 Å². The zero-order chi connectivity index (χ0) is 6.91. The Hall–Kier alpha value is -0.190. The number of halogens is 3. The van der Waals surface area contributed by atoms with E-state index >= 15 is 0 Å². The molecule has 9 heavy (non-hydrogen) atoms. The van der Waals surface area contributed by atoms with Gasteiger partial charge in [-0.15, -0.1) is 0 Å². The number of alkyl halides is 3. The summed E-state index contributed by atoms with van der Waals surface area (Å²) < 4.78 is 37.9. The maximum Gasteiger partial charge on any atom is 0.430 e. The predicted molar refractivity (Wildman–Crippen MR) is 30.0 cm³/mol. The summed E-state index contributed by atoms with van der Waals surface area (Å²) in [5.41, 5.74) is -0.688. The molecule has 0 aliphatic carbocycles. The van der Waals surface area contributed by atoms with Crippen molar-refractivity contribution in [3.05, 3.63) is 5.75 Å². The average Bonchev–Trinajstić information content (AvgIpc) is 2.08. The van der Waals surface area contributed by atoms with Crippen LogP contribution in [-0.4, -0.2) is 11.9 Å². The summed E-state index contributed by atoms with van der Waals surface area (Å²) in [7, 11) is 0. The van der Waals surface area contributed by atoms with Gasteiger partial charge in [0.15, 0.2) is 0 Å². The first-order chi connectivity index (χ1) is 4.11. The van der Waals surface area contributed by atoms with Crippen LogP contribution < -0.4 is 0 Å². The SMILES string of the molecule is FC(F)(F)C1=NS[CH]C1. The highest BCUT2D eigenvalue weighted by atomic mass is 32.2. The first-order valence-electron chi connectivity index (χ1n) is 2.22. The fourth-order valence-corrected chi connectivity index (χ4v) is 1.03. The van der Waals surface area contributed by atoms with Gasteiger partial charge in [-0.2, -0.15) is 13.2 Å². The molecule has 0 amide bonds. The van der Waals surface area contributed by atoms with Gasteiger partial charge >= 0.3 is 6.18 Å². The second-order valence-electron chi connectivity index (χ2n) is 1.51. The highest BCUT2D eigenvalue weighted by molar-refractivity contribution is 8.00. The molecule has 5 heteroatoms. The summed E-state index contributed by atoms with van der Waals surface area (Å²) >= 11 is 0.852. The van der Waals surface area contributed by atoms with Crippen molar-refractivity contribution in [2.24, 2.45) is 4.40 Å². The topological polar surface area (TPSA) is 12.4 Å². The standard InChI is InChI=1S/C4H3F3NS/c5-4(6,7)3-1-2-9-8-3/h2H,1H2. The van der Waals surface area contributed by atoms with E-state index in [4.69, 9.17) is 0 Å². The van der Waals surface area contributed by atoms with Crippen molar-refractivity contribution in [3.8, 4) is 0 Å². The van der Waals surface area contributed by atoms with Crippen LogP contribution in [0, 0.1) is 5.75 Å². The first kappa shape index (κ1) is 6.92. The Balaban J connectivity index is 2.61. The van der Waals surface area contributed by atoms with Crippen LogP contribution in [0.1, 0.15) is 6.42 Å². The number of nitrogens with zero attached hydrogens (tertiary/aromatic N) is 1. The Morgan fingerprint density at radius 1 is 1.56 bits per heavy atom. The van der Waals surface area contributed by atoms with Crippen LogP contribution >= 0.6 is 11.9 Å². The molecule has 51 valence electrons. The van der Waals surface area contributed by atoms with E-state index < -0.39 is 11.9 Å². The summed E-state index contributed by atoms with van der Waals surface area (Å²) in [6, 6.07) is 0. The summed E-state index contributed by atoms with van der Waals surface area (Å²) in [5.74, 6) is 1.42. The Bertz CT molecular complexity index is 139. The molecule has 0 fully saturated rings. The maximum atomic E-state index is 11.6. The predicted octanol–water partition coefficient (Wildman–Crippen LogP) is 2.20. The molecule has 0 unspecified atom stereocenters. The van der Waals surface area contributed by atoms with E-state index in [-0.39, 0.29) is 6.42 Å². The molecular weight excluding hydrogens is 151 g/mol. The smallest absolute Gasteiger partial charge is 0.216 e. The van der Waals surface area contributed by atoms with E-state index in [9.17, 15) is 13.2 Å². The summed E-state index contributed by atoms with van der Waals surface area (Å²) in [6.45, 7) is 0. The van der Waals surface area contributed by atoms with Gasteiger partial charge in [0, 0.05) is 12.2 Å². The minimum atomic E-state index is -4.22. The molecule has 1 rings (SSSR count). The van der Waals surface area contributed by atoms with Crippen molar-refractivity contribution in [2.45, 2.75) is 12.6 Å². The number of hydrogen-bond donors (Lipinski definition) is 0. The molecular formula is C4H3F3NS. The molecule has 0 aromatic heterocycles. The summed E-state index contributed by atoms with van der Waals surface area (Å²) in [4.78, 5) is 0. The van der Waals surface area contributed by atoms with Gasteiger partial charge in [-0.05, 0) is 11.9 Å². The zero-order valence-electron chi connectivity index (χ0n) is 4.27. The molecule has 0 bridgehead atoms. The number of rotatable bonds is 0. The van der Waals surface area contributed by atoms with Crippen LogP contribution in [0.15, 0.2) is 4.40 Å². The van der Waals surface area contributed by atoms with Crippen LogP contribution in [0.5, 0.6) is 0 Å². The van der Waals surface area contributed by atoms with Gasteiger partial charge in [0.25, 0.3) is 0 Å². The summed E-state index contributed by atoms with van der Waals surface area (Å²) in [5, 5.41) is 0. The van der Waals surface area contributed by atoms with Gasteiger partial charge in [0.2, 0.25) is 0 Å². The molecule has 0 aromatic rings. The molecule has 0 N–H and O–H groups in total. The molecule has 1 aliphatic rings. The lowest BCUT2D eigenvalue weighted by atomic mass is 10.3. The normalized spacial score (nSPS) is 20.1. The highest BCUT2D eigenvalue weighted by Crippen LogP contribution is 2.29. The fraction of sp³-hybridized carbons (Fsp3) is 0.500. The number of hydrogen-bond acceptors (Lipinski definition) is 2. The van der Waals surface area contributed by atoms with E-state index in [0.29, 0.717) is 0 Å². The molecule has 0 spiro atoms. The van der Waals surface area contributed by atoms with E-state index in [0.717, 1.165) is 11.9 Å². The van der Waals surface area contributed by atoms with Gasteiger partial charge in [0.1, 0.15) is 5.71 Å². The van der Waals surface area contributed by atoms with Crippen LogP contribution in [0.2, 0.25) is 0 Å². The second-order valence-corrected chi connectivity index (χ2v) is 2.24. The van der Waals surface area contributed by atoms with Gasteiger partial charge in [-0.3, -0.25) is 0 Å². The Morgan fingerprint density at radius 2 is 2.22 bits per heavy atom. The first-order valence-corrected chi connectivity index (χ1v) is 3.06. The molecule has 1 radical (unpaired) electrons. The largest absolute Gasteiger partial charge is 0.430 e. The van der Waals surface area contributed by atoms with Gasteiger partial charge in [0.05, 0.1) is 0 Å². The van der Waals surface area contributed by atoms with Gasteiger partial charge < -0.3 is 0 Å². The lowest BCUT2D eigenvalue weighted by molar-refractivity contribution is -0.0596. The zero-order valence-corrected chi connectivity index (χ0v) is 5.09. The van der Waals surface area contributed by atoms with Crippen molar-refractivity contribution in [1.82, 2.24) is 0 Å². The molecule has 1 heterocycles. The molecule has 1 nitrogen and oxygen atoms in total. The van der Waals surface area contributed by atoms with Crippen LogP contribution in [-0.2, 0) is 0 Å². The van der Waals surface area contributed by atoms with Crippen molar-refractivity contribution in [1.29, 1.82) is 0 Å². The van der Waals surface area contributed by atoms with Gasteiger partial charge in [-0.1, -0.05) is 0 Å². The minimum Gasteiger partial charge on any atom is -0.216 e. The van der Waals surface area contributed by atoms with Crippen molar-refractivity contribution in [2.75, 3.05) is 0 Å². The van der Waals surface area contributed by atoms with E-state index in [1.165, 1.54) is 5.75 Å². The fourth-order valence-electron chi connectivity index (χ4n) is 0.422. The molecule has 1 aliphatic heterocycles. The monoisotopic (exact) mass is 154 g/mol. The van der Waals surface area contributed by atoms with E-state index in [2.05, 4.69) is 4.40 Å². The Kier molecular flexibility index (Phi) is 1.70. The Morgan fingerprint density at radius 3 is 2.44 bits per heavy atom. The summed E-state index contributed by atoms with van der Waals surface area (Å²) in [6.07, 6.45) is -4.28. The third-order valence-corrected chi connectivity index (χ3v) is 1.48. The minimum absolute atomic E-state index is 0.0613. The molecule has 0 saturated carbocycles. The molecule has 0 atom stereocenters. The van der Waals surface area contributed by atoms with E-state index in [1.54, 1.807) is 0 Å². The second kappa shape index (κ2) is 2.21. The average molecular weight is 154 g/mol. The third-order valence-electron chi connectivity index (χ3n) is 0.841. The Labute approximate surface area is 54.5 Å². The van der Waals surface area contributed by atoms with Gasteiger partial charge in [-0.25, -0.2) is 4.40 Å². The molecule has 0 aromatic carbocycles. The van der Waals surface area contributed by atoms with Crippen LogP contribution in [0.4, 0.5) is 13.2 Å². The van der Waals surface area contributed by atoms with Crippen molar-refractivity contribution < 1.29 is 13.2 Å². The van der Waals surface area contributed by atoms with E-state index in [1.807, 2.05) is 0 Å².